The van der Waals surface area contributed by atoms with E-state index >= 15 is 0 Å². The second-order valence-electron chi connectivity index (χ2n) is 4.60. The van der Waals surface area contributed by atoms with Gasteiger partial charge in [0, 0.05) is 5.54 Å². The van der Waals surface area contributed by atoms with E-state index in [1.54, 1.807) is 0 Å². The number of carbonyl (C=O) groups is 1. The lowest BCUT2D eigenvalue weighted by Crippen LogP contribution is -2.49. The summed E-state index contributed by atoms with van der Waals surface area (Å²) in [7, 11) is 0. The van der Waals surface area contributed by atoms with Crippen molar-refractivity contribution < 1.29 is 4.79 Å². The first kappa shape index (κ1) is 9.52. The third kappa shape index (κ3) is 2.81. The van der Waals surface area contributed by atoms with Crippen LogP contribution in [0.2, 0.25) is 0 Å². The summed E-state index contributed by atoms with van der Waals surface area (Å²) in [5.74, 6) is 0.428. The van der Waals surface area contributed by atoms with Gasteiger partial charge in [-0.15, -0.1) is 0 Å². The van der Waals surface area contributed by atoms with Crippen LogP contribution in [0.25, 0.3) is 0 Å². The van der Waals surface area contributed by atoms with E-state index < -0.39 is 0 Å². The normalized spacial score (nSPS) is 20.3. The van der Waals surface area contributed by atoms with E-state index in [2.05, 4.69) is 5.32 Å². The van der Waals surface area contributed by atoms with Gasteiger partial charge in [0.15, 0.2) is 0 Å². The van der Waals surface area contributed by atoms with E-state index in [-0.39, 0.29) is 17.5 Å². The second-order valence-corrected chi connectivity index (χ2v) is 4.60. The standard InChI is InChI=1S/C9H18N2O/c1-9(2,3)11-8(12)7(10)6-4-5-6/h6-7H,4-5,10H2,1-3H3,(H,11,12). The van der Waals surface area contributed by atoms with E-state index in [0.717, 1.165) is 12.8 Å². The molecule has 3 nitrogen and oxygen atoms in total. The fourth-order valence-corrected chi connectivity index (χ4v) is 1.12. The molecule has 70 valence electrons. The smallest absolute Gasteiger partial charge is 0.237 e. The van der Waals surface area contributed by atoms with Crippen molar-refractivity contribution in [1.29, 1.82) is 0 Å². The van der Waals surface area contributed by atoms with E-state index in [4.69, 9.17) is 5.73 Å². The summed E-state index contributed by atoms with van der Waals surface area (Å²) in [6.45, 7) is 5.89. The molecule has 0 radical (unpaired) electrons. The summed E-state index contributed by atoms with van der Waals surface area (Å²) >= 11 is 0. The molecule has 3 heteroatoms. The maximum atomic E-state index is 11.4. The van der Waals surface area contributed by atoms with Crippen LogP contribution >= 0.6 is 0 Å². The van der Waals surface area contributed by atoms with Gasteiger partial charge in [-0.05, 0) is 39.5 Å². The maximum Gasteiger partial charge on any atom is 0.237 e. The molecule has 12 heavy (non-hydrogen) atoms. The first-order valence-corrected chi connectivity index (χ1v) is 4.48. The SMILES string of the molecule is CC(C)(C)NC(=O)C(N)C1CC1. The lowest BCUT2D eigenvalue weighted by atomic mass is 10.1. The third-order valence-corrected chi connectivity index (χ3v) is 1.93. The number of nitrogens with two attached hydrogens (primary N) is 1. The monoisotopic (exact) mass is 170 g/mol. The van der Waals surface area contributed by atoms with Crippen molar-refractivity contribution >= 4 is 5.91 Å². The molecule has 1 amide bonds. The van der Waals surface area contributed by atoms with Crippen LogP contribution in [0.4, 0.5) is 0 Å². The predicted octanol–water partition coefficient (Wildman–Crippen LogP) is 0.638. The molecule has 0 heterocycles. The Morgan fingerprint density at radius 3 is 2.33 bits per heavy atom. The molecule has 1 aliphatic rings. The number of amides is 1. The fourth-order valence-electron chi connectivity index (χ4n) is 1.12. The summed E-state index contributed by atoms with van der Waals surface area (Å²) in [6.07, 6.45) is 2.22. The Balaban J connectivity index is 2.36. The minimum atomic E-state index is -0.288. The van der Waals surface area contributed by atoms with Crippen LogP contribution in [0.1, 0.15) is 33.6 Å². The van der Waals surface area contributed by atoms with E-state index in [9.17, 15) is 4.79 Å². The average molecular weight is 170 g/mol. The van der Waals surface area contributed by atoms with Gasteiger partial charge < -0.3 is 11.1 Å². The Labute approximate surface area is 73.7 Å². The van der Waals surface area contributed by atoms with Gasteiger partial charge in [-0.25, -0.2) is 0 Å². The lowest BCUT2D eigenvalue weighted by molar-refractivity contribution is -0.124. The minimum Gasteiger partial charge on any atom is -0.350 e. The van der Waals surface area contributed by atoms with Crippen LogP contribution in [0.5, 0.6) is 0 Å². The summed E-state index contributed by atoms with van der Waals surface area (Å²) < 4.78 is 0. The summed E-state index contributed by atoms with van der Waals surface area (Å²) in [6, 6.07) is -0.288. The van der Waals surface area contributed by atoms with Crippen molar-refractivity contribution in [3.05, 3.63) is 0 Å². The molecule has 0 bridgehead atoms. The van der Waals surface area contributed by atoms with Crippen molar-refractivity contribution in [3.63, 3.8) is 0 Å². The first-order chi connectivity index (χ1) is 5.40. The molecule has 0 aromatic carbocycles. The molecule has 3 N–H and O–H groups in total. The van der Waals surface area contributed by atoms with Gasteiger partial charge in [0.25, 0.3) is 0 Å². The number of nitrogens with one attached hydrogen (secondary N) is 1. The van der Waals surface area contributed by atoms with Crippen molar-refractivity contribution in [2.24, 2.45) is 11.7 Å². The maximum absolute atomic E-state index is 11.4. The highest BCUT2D eigenvalue weighted by atomic mass is 16.2. The summed E-state index contributed by atoms with van der Waals surface area (Å²) in [5, 5.41) is 2.88. The average Bonchev–Trinajstić information content (AvgIpc) is 2.62. The molecule has 0 saturated heterocycles. The largest absolute Gasteiger partial charge is 0.350 e. The van der Waals surface area contributed by atoms with Crippen LogP contribution < -0.4 is 11.1 Å². The molecule has 1 saturated carbocycles. The van der Waals surface area contributed by atoms with E-state index in [0.29, 0.717) is 5.92 Å². The van der Waals surface area contributed by atoms with Gasteiger partial charge in [0.05, 0.1) is 6.04 Å². The fraction of sp³-hybridized carbons (Fsp3) is 0.889. The van der Waals surface area contributed by atoms with Gasteiger partial charge in [0.2, 0.25) is 5.91 Å². The van der Waals surface area contributed by atoms with E-state index in [1.165, 1.54) is 0 Å². The highest BCUT2D eigenvalue weighted by molar-refractivity contribution is 5.82. The quantitative estimate of drug-likeness (QED) is 0.639. The zero-order chi connectivity index (χ0) is 9.35. The van der Waals surface area contributed by atoms with Crippen molar-refractivity contribution in [1.82, 2.24) is 5.32 Å². The van der Waals surface area contributed by atoms with Crippen LogP contribution in [0, 0.1) is 5.92 Å². The molecular weight excluding hydrogens is 152 g/mol. The first-order valence-electron chi connectivity index (χ1n) is 4.48. The summed E-state index contributed by atoms with van der Waals surface area (Å²) in [5.41, 5.74) is 5.55. The van der Waals surface area contributed by atoms with Gasteiger partial charge in [-0.1, -0.05) is 0 Å². The zero-order valence-electron chi connectivity index (χ0n) is 8.05. The van der Waals surface area contributed by atoms with Gasteiger partial charge in [-0.3, -0.25) is 4.79 Å². The molecule has 0 aromatic heterocycles. The molecule has 1 unspecified atom stereocenters. The molecule has 1 fully saturated rings. The Hall–Kier alpha value is -0.570. The molecule has 1 atom stereocenters. The Morgan fingerprint density at radius 2 is 2.00 bits per heavy atom. The molecule has 1 rings (SSSR count). The number of hydrogen-bond donors (Lipinski definition) is 2. The molecule has 1 aliphatic carbocycles. The van der Waals surface area contributed by atoms with Crippen molar-refractivity contribution in [3.8, 4) is 0 Å². The third-order valence-electron chi connectivity index (χ3n) is 1.93. The Morgan fingerprint density at radius 1 is 1.50 bits per heavy atom. The van der Waals surface area contributed by atoms with E-state index in [1.807, 2.05) is 20.8 Å². The number of hydrogen-bond acceptors (Lipinski definition) is 2. The second kappa shape index (κ2) is 3.05. The van der Waals surface area contributed by atoms with Crippen LogP contribution in [0.15, 0.2) is 0 Å². The van der Waals surface area contributed by atoms with Crippen molar-refractivity contribution in [2.75, 3.05) is 0 Å². The van der Waals surface area contributed by atoms with Crippen LogP contribution in [0.3, 0.4) is 0 Å². The Bertz CT molecular complexity index is 179. The van der Waals surface area contributed by atoms with Crippen molar-refractivity contribution in [2.45, 2.75) is 45.2 Å². The van der Waals surface area contributed by atoms with Crippen LogP contribution in [-0.2, 0) is 4.79 Å². The van der Waals surface area contributed by atoms with Gasteiger partial charge in [0.1, 0.15) is 0 Å². The highest BCUT2D eigenvalue weighted by Crippen LogP contribution is 2.31. The minimum absolute atomic E-state index is 0.00926. The van der Waals surface area contributed by atoms with Gasteiger partial charge in [-0.2, -0.15) is 0 Å². The number of rotatable bonds is 2. The lowest BCUT2D eigenvalue weighted by Gasteiger charge is -2.22. The summed E-state index contributed by atoms with van der Waals surface area (Å²) in [4.78, 5) is 11.4. The van der Waals surface area contributed by atoms with Crippen LogP contribution in [-0.4, -0.2) is 17.5 Å². The predicted molar refractivity (Wildman–Crippen MR) is 48.6 cm³/mol. The zero-order valence-corrected chi connectivity index (χ0v) is 8.05. The molecular formula is C9H18N2O. The highest BCUT2D eigenvalue weighted by Gasteiger charge is 2.34. The van der Waals surface area contributed by atoms with Gasteiger partial charge >= 0.3 is 0 Å². The number of carbonyl (C=O) groups excluding carboxylic acids is 1. The molecule has 0 aliphatic heterocycles. The molecule has 0 spiro atoms. The topological polar surface area (TPSA) is 55.1 Å². The Kier molecular flexibility index (Phi) is 2.42. The molecule has 0 aromatic rings.